The number of phenols is 1. The Labute approximate surface area is 150 Å². The Kier molecular flexibility index (Phi) is 6.42. The van der Waals surface area contributed by atoms with E-state index in [0.717, 1.165) is 32.5 Å². The molecule has 3 rings (SSSR count). The van der Waals surface area contributed by atoms with Gasteiger partial charge < -0.3 is 10.4 Å². The number of likely N-dealkylation sites (tertiary alicyclic amines) is 1. The van der Waals surface area contributed by atoms with Crippen molar-refractivity contribution in [3.05, 3.63) is 59.9 Å². The second-order valence-corrected chi connectivity index (χ2v) is 7.18. The van der Waals surface area contributed by atoms with Gasteiger partial charge in [-0.15, -0.1) is 0 Å². The number of hydrogen-bond donors (Lipinski definition) is 2. The first-order chi connectivity index (χ1) is 12.2. The number of nitrogens with one attached hydrogen (secondary N) is 1. The third-order valence-electron chi connectivity index (χ3n) is 5.04. The highest BCUT2D eigenvalue weighted by atomic mass is 16.3. The highest BCUT2D eigenvalue weighted by Gasteiger charge is 2.20. The van der Waals surface area contributed by atoms with Gasteiger partial charge in [0.2, 0.25) is 0 Å². The van der Waals surface area contributed by atoms with E-state index in [0.29, 0.717) is 17.8 Å². The monoisotopic (exact) mass is 339 g/mol. The molecule has 1 aromatic carbocycles. The quantitative estimate of drug-likeness (QED) is 0.812. The average molecular weight is 339 g/mol. The van der Waals surface area contributed by atoms with Gasteiger partial charge in [-0.1, -0.05) is 18.2 Å². The molecule has 1 saturated heterocycles. The van der Waals surface area contributed by atoms with E-state index in [2.05, 4.69) is 28.2 Å². The van der Waals surface area contributed by atoms with Crippen LogP contribution in [0.25, 0.3) is 0 Å². The third-order valence-corrected chi connectivity index (χ3v) is 5.04. The second-order valence-electron chi connectivity index (χ2n) is 7.18. The maximum atomic E-state index is 9.35. The first-order valence-corrected chi connectivity index (χ1v) is 9.34. The average Bonchev–Trinajstić information content (AvgIpc) is 2.64. The van der Waals surface area contributed by atoms with Gasteiger partial charge in [0.1, 0.15) is 5.75 Å². The van der Waals surface area contributed by atoms with Gasteiger partial charge in [-0.05, 0) is 75.0 Å². The molecule has 0 saturated carbocycles. The van der Waals surface area contributed by atoms with Crippen LogP contribution in [-0.4, -0.2) is 40.2 Å². The molecule has 134 valence electrons. The van der Waals surface area contributed by atoms with Crippen LogP contribution in [0.4, 0.5) is 0 Å². The maximum Gasteiger partial charge on any atom is 0.115 e. The molecule has 0 unspecified atom stereocenters. The van der Waals surface area contributed by atoms with E-state index in [1.165, 1.54) is 24.0 Å². The number of aryl methyl sites for hydroxylation is 1. The SMILES string of the molecule is C[C@H](CCc1ccc(O)cc1)NC1CCN(Cc2cccnc2)CC1. The van der Waals surface area contributed by atoms with Gasteiger partial charge >= 0.3 is 0 Å². The van der Waals surface area contributed by atoms with Crippen LogP contribution in [0.15, 0.2) is 48.8 Å². The van der Waals surface area contributed by atoms with Crippen molar-refractivity contribution in [1.29, 1.82) is 0 Å². The van der Waals surface area contributed by atoms with Crippen LogP contribution in [-0.2, 0) is 13.0 Å². The molecule has 1 atom stereocenters. The Bertz CT molecular complexity index is 621. The minimum Gasteiger partial charge on any atom is -0.508 e. The van der Waals surface area contributed by atoms with Crippen LogP contribution < -0.4 is 5.32 Å². The zero-order chi connectivity index (χ0) is 17.5. The summed E-state index contributed by atoms with van der Waals surface area (Å²) in [5, 5.41) is 13.1. The Hall–Kier alpha value is -1.91. The van der Waals surface area contributed by atoms with E-state index in [9.17, 15) is 5.11 Å². The maximum absolute atomic E-state index is 9.35. The van der Waals surface area contributed by atoms with E-state index in [4.69, 9.17) is 0 Å². The van der Waals surface area contributed by atoms with E-state index < -0.39 is 0 Å². The Morgan fingerprint density at radius 1 is 1.16 bits per heavy atom. The van der Waals surface area contributed by atoms with Gasteiger partial charge in [-0.2, -0.15) is 0 Å². The van der Waals surface area contributed by atoms with Gasteiger partial charge in [0.05, 0.1) is 0 Å². The van der Waals surface area contributed by atoms with Crippen LogP contribution in [0.3, 0.4) is 0 Å². The van der Waals surface area contributed by atoms with Crippen molar-refractivity contribution >= 4 is 0 Å². The van der Waals surface area contributed by atoms with E-state index >= 15 is 0 Å². The van der Waals surface area contributed by atoms with Crippen molar-refractivity contribution in [2.24, 2.45) is 0 Å². The second kappa shape index (κ2) is 8.97. The van der Waals surface area contributed by atoms with Gasteiger partial charge in [-0.25, -0.2) is 0 Å². The summed E-state index contributed by atoms with van der Waals surface area (Å²) in [7, 11) is 0. The van der Waals surface area contributed by atoms with Crippen LogP contribution in [0.1, 0.15) is 37.3 Å². The molecule has 0 radical (unpaired) electrons. The molecular weight excluding hydrogens is 310 g/mol. The van der Waals surface area contributed by atoms with Gasteiger partial charge in [0.25, 0.3) is 0 Å². The Morgan fingerprint density at radius 2 is 1.92 bits per heavy atom. The lowest BCUT2D eigenvalue weighted by Gasteiger charge is -2.34. The number of hydrogen-bond acceptors (Lipinski definition) is 4. The number of piperidine rings is 1. The summed E-state index contributed by atoms with van der Waals surface area (Å²) in [5.74, 6) is 0.341. The largest absolute Gasteiger partial charge is 0.508 e. The van der Waals surface area contributed by atoms with Crippen molar-refractivity contribution in [3.8, 4) is 5.75 Å². The summed E-state index contributed by atoms with van der Waals surface area (Å²) in [6, 6.07) is 12.9. The predicted molar refractivity (Wildman–Crippen MR) is 102 cm³/mol. The van der Waals surface area contributed by atoms with E-state index in [1.54, 1.807) is 12.1 Å². The summed E-state index contributed by atoms with van der Waals surface area (Å²) in [6.45, 7) is 5.59. The summed E-state index contributed by atoms with van der Waals surface area (Å²) >= 11 is 0. The van der Waals surface area contributed by atoms with Gasteiger partial charge in [-0.3, -0.25) is 9.88 Å². The fraction of sp³-hybridized carbons (Fsp3) is 0.476. The van der Waals surface area contributed by atoms with E-state index in [-0.39, 0.29) is 0 Å². The first-order valence-electron chi connectivity index (χ1n) is 9.34. The van der Waals surface area contributed by atoms with E-state index in [1.807, 2.05) is 30.6 Å². The molecule has 4 heteroatoms. The van der Waals surface area contributed by atoms with Crippen LogP contribution in [0.2, 0.25) is 0 Å². The lowest BCUT2D eigenvalue weighted by atomic mass is 10.0. The number of nitrogens with zero attached hydrogens (tertiary/aromatic N) is 2. The van der Waals surface area contributed by atoms with Gasteiger partial charge in [0.15, 0.2) is 0 Å². The van der Waals surface area contributed by atoms with Crippen LogP contribution in [0.5, 0.6) is 5.75 Å². The summed E-state index contributed by atoms with van der Waals surface area (Å²) in [6.07, 6.45) is 8.40. The molecule has 1 aromatic heterocycles. The fourth-order valence-corrected chi connectivity index (χ4v) is 3.54. The van der Waals surface area contributed by atoms with Crippen molar-refractivity contribution in [1.82, 2.24) is 15.2 Å². The number of rotatable bonds is 7. The van der Waals surface area contributed by atoms with Crippen LogP contribution in [0, 0.1) is 0 Å². The predicted octanol–water partition coefficient (Wildman–Crippen LogP) is 3.36. The molecule has 0 bridgehead atoms. The van der Waals surface area contributed by atoms with Crippen molar-refractivity contribution < 1.29 is 5.11 Å². The Balaban J connectivity index is 1.36. The molecule has 2 N–H and O–H groups in total. The number of phenolic OH excluding ortho intramolecular Hbond substituents is 1. The molecule has 0 amide bonds. The minimum absolute atomic E-state index is 0.341. The van der Waals surface area contributed by atoms with Crippen molar-refractivity contribution in [3.63, 3.8) is 0 Å². The highest BCUT2D eigenvalue weighted by molar-refractivity contribution is 5.25. The zero-order valence-corrected chi connectivity index (χ0v) is 15.1. The molecule has 25 heavy (non-hydrogen) atoms. The number of benzene rings is 1. The molecular formula is C21H29N3O. The zero-order valence-electron chi connectivity index (χ0n) is 15.1. The number of aromatic nitrogens is 1. The molecule has 2 heterocycles. The Morgan fingerprint density at radius 3 is 2.60 bits per heavy atom. The smallest absolute Gasteiger partial charge is 0.115 e. The molecule has 2 aromatic rings. The standard InChI is InChI=1S/C21H29N3O/c1-17(4-5-18-6-8-21(25)9-7-18)23-20-10-13-24(14-11-20)16-19-3-2-12-22-15-19/h2-3,6-9,12,15,17,20,23,25H,4-5,10-11,13-14,16H2,1H3/t17-/m1/s1. The molecule has 1 fully saturated rings. The third kappa shape index (κ3) is 5.83. The molecule has 4 nitrogen and oxygen atoms in total. The molecule has 1 aliphatic rings. The lowest BCUT2D eigenvalue weighted by molar-refractivity contribution is 0.184. The lowest BCUT2D eigenvalue weighted by Crippen LogP contribution is -2.45. The highest BCUT2D eigenvalue weighted by Crippen LogP contribution is 2.16. The van der Waals surface area contributed by atoms with Crippen molar-refractivity contribution in [2.75, 3.05) is 13.1 Å². The first kappa shape index (κ1) is 17.9. The van der Waals surface area contributed by atoms with Crippen molar-refractivity contribution in [2.45, 2.75) is 51.2 Å². The fourth-order valence-electron chi connectivity index (χ4n) is 3.54. The normalized spacial score (nSPS) is 17.5. The summed E-state index contributed by atoms with van der Waals surface area (Å²) < 4.78 is 0. The van der Waals surface area contributed by atoms with Gasteiger partial charge in [0, 0.05) is 31.0 Å². The molecule has 0 spiro atoms. The molecule has 1 aliphatic heterocycles. The molecule has 0 aliphatic carbocycles. The number of pyridine rings is 1. The summed E-state index contributed by atoms with van der Waals surface area (Å²) in [5.41, 5.74) is 2.59. The summed E-state index contributed by atoms with van der Waals surface area (Å²) in [4.78, 5) is 6.73. The van der Waals surface area contributed by atoms with Crippen LogP contribution >= 0.6 is 0 Å². The topological polar surface area (TPSA) is 48.4 Å². The minimum atomic E-state index is 0.341. The number of aromatic hydroxyl groups is 1.